The van der Waals surface area contributed by atoms with Crippen molar-refractivity contribution in [1.29, 1.82) is 0 Å². The van der Waals surface area contributed by atoms with Crippen molar-refractivity contribution in [3.8, 4) is 5.75 Å². The number of amides is 1. The van der Waals surface area contributed by atoms with Gasteiger partial charge in [-0.05, 0) is 40.5 Å². The highest BCUT2D eigenvalue weighted by molar-refractivity contribution is 9.10. The number of ether oxygens (including phenoxy) is 1. The molecule has 0 aliphatic carbocycles. The lowest BCUT2D eigenvalue weighted by atomic mass is 10.2. The van der Waals surface area contributed by atoms with Gasteiger partial charge in [0, 0.05) is 37.2 Å². The summed E-state index contributed by atoms with van der Waals surface area (Å²) in [6, 6.07) is 5.25. The number of sulfone groups is 1. The van der Waals surface area contributed by atoms with E-state index >= 15 is 0 Å². The molecule has 138 valence electrons. The summed E-state index contributed by atoms with van der Waals surface area (Å²) in [4.78, 5) is 16.3. The number of hydrogen-bond donors (Lipinski definition) is 0. The summed E-state index contributed by atoms with van der Waals surface area (Å²) in [5.74, 6) is 1.03. The molecule has 1 atom stereocenters. The van der Waals surface area contributed by atoms with Crippen molar-refractivity contribution >= 4 is 43.3 Å². The maximum absolute atomic E-state index is 12.3. The Labute approximate surface area is 161 Å². The third-order valence-electron chi connectivity index (χ3n) is 4.64. The van der Waals surface area contributed by atoms with Crippen LogP contribution in [0, 0.1) is 0 Å². The van der Waals surface area contributed by atoms with Gasteiger partial charge in [0.2, 0.25) is 0 Å². The van der Waals surface area contributed by atoms with Gasteiger partial charge in [-0.2, -0.15) is 0 Å². The van der Waals surface area contributed by atoms with Crippen LogP contribution in [0.25, 0.3) is 0 Å². The second-order valence-corrected chi connectivity index (χ2v) is 9.86. The van der Waals surface area contributed by atoms with Crippen LogP contribution in [0.2, 0.25) is 5.02 Å². The van der Waals surface area contributed by atoms with E-state index in [9.17, 15) is 13.2 Å². The van der Waals surface area contributed by atoms with Crippen LogP contribution in [0.1, 0.15) is 6.42 Å². The first kappa shape index (κ1) is 18.9. The lowest BCUT2D eigenvalue weighted by Gasteiger charge is -2.37. The molecule has 2 saturated heterocycles. The number of carbonyl (C=O) groups is 1. The van der Waals surface area contributed by atoms with Crippen molar-refractivity contribution in [2.24, 2.45) is 0 Å². The molecule has 1 unspecified atom stereocenters. The van der Waals surface area contributed by atoms with Gasteiger partial charge in [-0.15, -0.1) is 0 Å². The predicted molar refractivity (Wildman–Crippen MR) is 99.9 cm³/mol. The highest BCUT2D eigenvalue weighted by atomic mass is 79.9. The van der Waals surface area contributed by atoms with E-state index in [1.54, 1.807) is 23.1 Å². The fourth-order valence-electron chi connectivity index (χ4n) is 3.22. The largest absolute Gasteiger partial charge is 0.483 e. The zero-order valence-electron chi connectivity index (χ0n) is 13.7. The second kappa shape index (κ2) is 7.82. The third-order valence-corrected chi connectivity index (χ3v) is 7.24. The molecule has 0 spiro atoms. The maximum Gasteiger partial charge on any atom is 0.260 e. The number of piperazine rings is 1. The van der Waals surface area contributed by atoms with Crippen molar-refractivity contribution in [2.75, 3.05) is 44.3 Å². The molecule has 6 nitrogen and oxygen atoms in total. The zero-order valence-corrected chi connectivity index (χ0v) is 16.8. The minimum atomic E-state index is -2.88. The molecule has 2 aliphatic rings. The topological polar surface area (TPSA) is 66.9 Å². The number of benzene rings is 1. The van der Waals surface area contributed by atoms with Crippen molar-refractivity contribution in [2.45, 2.75) is 12.5 Å². The van der Waals surface area contributed by atoms with Gasteiger partial charge in [0.15, 0.2) is 16.4 Å². The Morgan fingerprint density at radius 3 is 2.60 bits per heavy atom. The van der Waals surface area contributed by atoms with E-state index in [0.29, 0.717) is 47.8 Å². The molecule has 1 aromatic carbocycles. The quantitative estimate of drug-likeness (QED) is 0.698. The molecule has 25 heavy (non-hydrogen) atoms. The van der Waals surface area contributed by atoms with Gasteiger partial charge >= 0.3 is 0 Å². The number of nitrogens with zero attached hydrogens (tertiary/aromatic N) is 2. The summed E-state index contributed by atoms with van der Waals surface area (Å²) >= 11 is 9.24. The normalized spacial score (nSPS) is 23.6. The molecule has 2 fully saturated rings. The van der Waals surface area contributed by atoms with Gasteiger partial charge in [-0.1, -0.05) is 11.6 Å². The van der Waals surface area contributed by atoms with Crippen LogP contribution in [0.15, 0.2) is 22.7 Å². The van der Waals surface area contributed by atoms with Crippen molar-refractivity contribution in [3.05, 3.63) is 27.7 Å². The Morgan fingerprint density at radius 2 is 2.00 bits per heavy atom. The number of hydrogen-bond acceptors (Lipinski definition) is 5. The fraction of sp³-hybridized carbons (Fsp3) is 0.562. The predicted octanol–water partition coefficient (Wildman–Crippen LogP) is 1.81. The molecule has 0 bridgehead atoms. The van der Waals surface area contributed by atoms with E-state index in [0.717, 1.165) is 0 Å². The zero-order chi connectivity index (χ0) is 18.0. The Balaban J connectivity index is 1.47. The third kappa shape index (κ3) is 4.87. The number of rotatable bonds is 4. The molecular weight excluding hydrogens is 432 g/mol. The van der Waals surface area contributed by atoms with E-state index in [1.165, 1.54) is 0 Å². The first-order chi connectivity index (χ1) is 11.8. The van der Waals surface area contributed by atoms with Gasteiger partial charge in [-0.25, -0.2) is 8.42 Å². The first-order valence-corrected chi connectivity index (χ1v) is 11.1. The average molecular weight is 452 g/mol. The van der Waals surface area contributed by atoms with Crippen molar-refractivity contribution in [1.82, 2.24) is 9.80 Å². The maximum atomic E-state index is 12.3. The molecule has 1 amide bonds. The van der Waals surface area contributed by atoms with Crippen LogP contribution >= 0.6 is 27.5 Å². The van der Waals surface area contributed by atoms with E-state index in [1.807, 2.05) is 0 Å². The number of halogens is 2. The minimum Gasteiger partial charge on any atom is -0.483 e. The molecule has 0 N–H and O–H groups in total. The molecule has 2 heterocycles. The number of carbonyl (C=O) groups excluding carboxylic acids is 1. The Bertz CT molecular complexity index is 751. The van der Waals surface area contributed by atoms with Crippen LogP contribution in [-0.4, -0.2) is 74.5 Å². The van der Waals surface area contributed by atoms with Crippen LogP contribution in [-0.2, 0) is 14.6 Å². The summed E-state index contributed by atoms with van der Waals surface area (Å²) in [5.41, 5.74) is 0. The highest BCUT2D eigenvalue weighted by Crippen LogP contribution is 2.28. The van der Waals surface area contributed by atoms with Gasteiger partial charge in [0.1, 0.15) is 5.75 Å². The van der Waals surface area contributed by atoms with E-state index in [-0.39, 0.29) is 30.1 Å². The van der Waals surface area contributed by atoms with Crippen LogP contribution < -0.4 is 4.74 Å². The Morgan fingerprint density at radius 1 is 1.28 bits per heavy atom. The molecule has 9 heteroatoms. The van der Waals surface area contributed by atoms with E-state index < -0.39 is 9.84 Å². The minimum absolute atomic E-state index is 0.0297. The molecule has 3 rings (SSSR count). The second-order valence-electron chi connectivity index (χ2n) is 6.34. The highest BCUT2D eigenvalue weighted by Gasteiger charge is 2.34. The van der Waals surface area contributed by atoms with Crippen molar-refractivity contribution in [3.63, 3.8) is 0 Å². The van der Waals surface area contributed by atoms with E-state index in [2.05, 4.69) is 20.8 Å². The van der Waals surface area contributed by atoms with Crippen LogP contribution in [0.4, 0.5) is 0 Å². The monoisotopic (exact) mass is 450 g/mol. The summed E-state index contributed by atoms with van der Waals surface area (Å²) < 4.78 is 29.5. The fourth-order valence-corrected chi connectivity index (χ4v) is 5.78. The summed E-state index contributed by atoms with van der Waals surface area (Å²) in [6.45, 7) is 2.58. The molecule has 1 aromatic rings. The summed E-state index contributed by atoms with van der Waals surface area (Å²) in [7, 11) is -2.88. The molecule has 0 saturated carbocycles. The van der Waals surface area contributed by atoms with Crippen LogP contribution in [0.5, 0.6) is 5.75 Å². The van der Waals surface area contributed by atoms with E-state index in [4.69, 9.17) is 16.3 Å². The molecule has 0 radical (unpaired) electrons. The smallest absolute Gasteiger partial charge is 0.260 e. The van der Waals surface area contributed by atoms with Gasteiger partial charge in [0.25, 0.3) is 5.91 Å². The summed E-state index contributed by atoms with van der Waals surface area (Å²) in [5, 5.41) is 0.593. The first-order valence-electron chi connectivity index (χ1n) is 8.14. The van der Waals surface area contributed by atoms with Crippen molar-refractivity contribution < 1.29 is 17.9 Å². The van der Waals surface area contributed by atoms with Gasteiger partial charge < -0.3 is 9.64 Å². The average Bonchev–Trinajstić information content (AvgIpc) is 2.94. The molecule has 0 aromatic heterocycles. The van der Waals surface area contributed by atoms with Gasteiger partial charge in [-0.3, -0.25) is 9.69 Å². The lowest BCUT2D eigenvalue weighted by Crippen LogP contribution is -2.53. The lowest BCUT2D eigenvalue weighted by molar-refractivity contribution is -0.135. The molecule has 2 aliphatic heterocycles. The molecular formula is C16H20BrClN2O4S. The van der Waals surface area contributed by atoms with Gasteiger partial charge in [0.05, 0.1) is 16.0 Å². The Hall–Kier alpha value is -0.830. The standard InChI is InChI=1S/C16H20BrClN2O4S/c17-14-9-12(18)1-2-15(14)24-10-16(21)20-6-4-19(5-7-20)13-3-8-25(22,23)11-13/h1-2,9,13H,3-8,10-11H2. The SMILES string of the molecule is O=C(COc1ccc(Cl)cc1Br)N1CCN(C2CCS(=O)(=O)C2)CC1. The summed E-state index contributed by atoms with van der Waals surface area (Å²) in [6.07, 6.45) is 0.698. The van der Waals surface area contributed by atoms with Crippen LogP contribution in [0.3, 0.4) is 0 Å². The Kier molecular flexibility index (Phi) is 5.92.